The first-order valence-corrected chi connectivity index (χ1v) is 27.2. The lowest BCUT2D eigenvalue weighted by molar-refractivity contribution is 0.232. The molecule has 1 aliphatic heterocycles. The first-order chi connectivity index (χ1) is 18.8. The van der Waals surface area contributed by atoms with Gasteiger partial charge in [-0.15, -0.1) is 0 Å². The Balaban J connectivity index is 2.15. The van der Waals surface area contributed by atoms with Crippen LogP contribution >= 0.6 is 0 Å². The summed E-state index contributed by atoms with van der Waals surface area (Å²) in [5, 5.41) is 3.19. The second-order valence-electron chi connectivity index (χ2n) is 14.6. The standard InChI is InChI=1S/C35H47NSi4/c1-37(2,3)35(38(4,5)6)34(30-22-14-10-15-23-30,31-24-16-11-17-25-31)36(39(7,8)9)40(35,32-26-18-12-19-27-32)33-28-20-13-21-29-33/h10-29H,1-9H3. The van der Waals surface area contributed by atoms with Crippen molar-refractivity contribution in [2.24, 2.45) is 0 Å². The number of benzene rings is 4. The Labute approximate surface area is 247 Å². The highest BCUT2D eigenvalue weighted by Crippen LogP contribution is 2.77. The summed E-state index contributed by atoms with van der Waals surface area (Å²) in [4.78, 5) is 0. The van der Waals surface area contributed by atoms with Crippen molar-refractivity contribution in [3.8, 4) is 0 Å². The van der Waals surface area contributed by atoms with Crippen molar-refractivity contribution in [2.75, 3.05) is 0 Å². The summed E-state index contributed by atoms with van der Waals surface area (Å²) >= 11 is 0. The molecule has 40 heavy (non-hydrogen) atoms. The molecular weight excluding hydrogens is 547 g/mol. The molecule has 0 amide bonds. The smallest absolute Gasteiger partial charge is 0.190 e. The molecule has 5 heteroatoms. The maximum Gasteiger partial charge on any atom is 0.190 e. The lowest BCUT2D eigenvalue weighted by atomic mass is 9.84. The average Bonchev–Trinajstić information content (AvgIpc) is 2.89. The average molecular weight is 594 g/mol. The highest BCUT2D eigenvalue weighted by Gasteiger charge is 2.88. The van der Waals surface area contributed by atoms with E-state index < -0.39 is 32.6 Å². The topological polar surface area (TPSA) is 3.24 Å². The summed E-state index contributed by atoms with van der Waals surface area (Å²) in [6, 6.07) is 47.0. The van der Waals surface area contributed by atoms with Gasteiger partial charge >= 0.3 is 0 Å². The van der Waals surface area contributed by atoms with Gasteiger partial charge in [-0.2, -0.15) is 0 Å². The summed E-state index contributed by atoms with van der Waals surface area (Å²) in [6.45, 7) is 24.1. The molecule has 0 aromatic heterocycles. The van der Waals surface area contributed by atoms with Gasteiger partial charge in [-0.25, -0.2) is 0 Å². The van der Waals surface area contributed by atoms with E-state index >= 15 is 0 Å². The van der Waals surface area contributed by atoms with Crippen molar-refractivity contribution in [1.82, 2.24) is 4.23 Å². The van der Waals surface area contributed by atoms with Crippen molar-refractivity contribution in [1.29, 1.82) is 0 Å². The molecule has 0 bridgehead atoms. The first kappa shape index (κ1) is 29.2. The predicted molar refractivity (Wildman–Crippen MR) is 186 cm³/mol. The summed E-state index contributed by atoms with van der Waals surface area (Å²) in [5.74, 6) is 0. The Kier molecular flexibility index (Phi) is 7.24. The summed E-state index contributed by atoms with van der Waals surface area (Å²) < 4.78 is 3.38. The molecular formula is C35H47NSi4. The lowest BCUT2D eigenvalue weighted by Gasteiger charge is -2.86. The van der Waals surface area contributed by atoms with Crippen LogP contribution in [0.4, 0.5) is 0 Å². The quantitative estimate of drug-likeness (QED) is 0.195. The van der Waals surface area contributed by atoms with Crippen LogP contribution in [0.2, 0.25) is 63.2 Å². The number of hydrogen-bond acceptors (Lipinski definition) is 1. The molecule has 4 aromatic rings. The molecule has 1 heterocycles. The van der Waals surface area contributed by atoms with E-state index in [1.807, 2.05) is 0 Å². The number of nitrogens with zero attached hydrogens (tertiary/aromatic N) is 1. The van der Waals surface area contributed by atoms with Crippen molar-refractivity contribution >= 4 is 43.0 Å². The van der Waals surface area contributed by atoms with Gasteiger partial charge in [0.15, 0.2) is 8.24 Å². The van der Waals surface area contributed by atoms with Gasteiger partial charge in [-0.1, -0.05) is 180 Å². The van der Waals surface area contributed by atoms with E-state index in [4.69, 9.17) is 0 Å². The molecule has 0 unspecified atom stereocenters. The van der Waals surface area contributed by atoms with Gasteiger partial charge < -0.3 is 4.23 Å². The molecule has 1 fully saturated rings. The van der Waals surface area contributed by atoms with Crippen LogP contribution in [0.25, 0.3) is 0 Å². The SMILES string of the molecule is C[Si](C)(C)N1C(c2ccccc2)(c2ccccc2)C([Si](C)(C)C)([Si](C)(C)C)[Si]1(c1ccccc1)c1ccccc1. The van der Waals surface area contributed by atoms with Crippen LogP contribution in [0.1, 0.15) is 11.1 Å². The minimum Gasteiger partial charge on any atom is -0.326 e. The first-order valence-electron chi connectivity index (χ1n) is 14.8. The van der Waals surface area contributed by atoms with Gasteiger partial charge in [-0.3, -0.25) is 0 Å². The zero-order valence-corrected chi connectivity index (χ0v) is 30.0. The Bertz CT molecular complexity index is 1250. The van der Waals surface area contributed by atoms with Crippen LogP contribution < -0.4 is 10.4 Å². The van der Waals surface area contributed by atoms with Crippen LogP contribution in [-0.4, -0.2) is 36.8 Å². The molecule has 0 N–H and O–H groups in total. The number of rotatable bonds is 7. The molecule has 208 valence electrons. The van der Waals surface area contributed by atoms with E-state index in [0.717, 1.165) is 0 Å². The van der Waals surface area contributed by atoms with E-state index in [1.54, 1.807) is 10.4 Å². The normalized spacial score (nSPS) is 18.6. The molecule has 5 rings (SSSR count). The summed E-state index contributed by atoms with van der Waals surface area (Å²) in [6.07, 6.45) is 0. The fraction of sp³-hybridized carbons (Fsp3) is 0.314. The van der Waals surface area contributed by atoms with E-state index in [2.05, 4.69) is 184 Å². The van der Waals surface area contributed by atoms with Gasteiger partial charge in [0.25, 0.3) is 0 Å². The van der Waals surface area contributed by atoms with Crippen LogP contribution in [0.5, 0.6) is 0 Å². The Morgan fingerprint density at radius 1 is 0.450 bits per heavy atom. The van der Waals surface area contributed by atoms with Crippen LogP contribution in [0.15, 0.2) is 121 Å². The molecule has 4 aromatic carbocycles. The van der Waals surface area contributed by atoms with Crippen molar-refractivity contribution in [2.45, 2.75) is 68.7 Å². The Morgan fingerprint density at radius 3 is 1.02 bits per heavy atom. The molecule has 0 spiro atoms. The molecule has 1 nitrogen and oxygen atoms in total. The maximum absolute atomic E-state index is 3.23. The monoisotopic (exact) mass is 593 g/mol. The Morgan fingerprint density at radius 2 is 0.750 bits per heavy atom. The largest absolute Gasteiger partial charge is 0.326 e. The third-order valence-corrected chi connectivity index (χ3v) is 35.3. The molecule has 0 atom stereocenters. The molecule has 0 saturated carbocycles. The minimum absolute atomic E-state index is 0.145. The highest BCUT2D eigenvalue weighted by atomic mass is 28.5. The summed E-state index contributed by atoms with van der Waals surface area (Å²) in [7, 11) is -8.53. The second kappa shape index (κ2) is 9.91. The highest BCUT2D eigenvalue weighted by molar-refractivity contribution is 7.28. The third kappa shape index (κ3) is 3.71. The van der Waals surface area contributed by atoms with Gasteiger partial charge in [0.2, 0.25) is 0 Å². The minimum atomic E-state index is -2.59. The van der Waals surface area contributed by atoms with E-state index in [9.17, 15) is 0 Å². The predicted octanol–water partition coefficient (Wildman–Crippen LogP) is 8.34. The van der Waals surface area contributed by atoms with Gasteiger partial charge in [-0.05, 0) is 21.5 Å². The Hall–Kier alpha value is -2.29. The molecule has 1 aliphatic rings. The molecule has 0 aliphatic carbocycles. The lowest BCUT2D eigenvalue weighted by Crippen LogP contribution is -3.03. The van der Waals surface area contributed by atoms with Crippen molar-refractivity contribution in [3.63, 3.8) is 0 Å². The summed E-state index contributed by atoms with van der Waals surface area (Å²) in [5.41, 5.74) is 2.79. The zero-order valence-electron chi connectivity index (χ0n) is 26.0. The zero-order chi connectivity index (χ0) is 29.0. The second-order valence-corrected chi connectivity index (χ2v) is 35.6. The molecule has 1 saturated heterocycles. The van der Waals surface area contributed by atoms with Crippen LogP contribution in [0, 0.1) is 0 Å². The fourth-order valence-electron chi connectivity index (χ4n) is 9.53. The van der Waals surface area contributed by atoms with Crippen molar-refractivity contribution in [3.05, 3.63) is 132 Å². The molecule has 0 radical (unpaired) electrons. The van der Waals surface area contributed by atoms with Crippen LogP contribution in [-0.2, 0) is 5.54 Å². The third-order valence-electron chi connectivity index (χ3n) is 9.44. The van der Waals surface area contributed by atoms with Crippen LogP contribution in [0.3, 0.4) is 0 Å². The van der Waals surface area contributed by atoms with E-state index in [0.29, 0.717) is 0 Å². The van der Waals surface area contributed by atoms with Gasteiger partial charge in [0, 0.05) is 4.28 Å². The van der Waals surface area contributed by atoms with Gasteiger partial charge in [0.1, 0.15) is 8.24 Å². The van der Waals surface area contributed by atoms with Gasteiger partial charge in [0.05, 0.1) is 21.7 Å². The fourth-order valence-corrected chi connectivity index (χ4v) is 45.6. The number of hydrogen-bond donors (Lipinski definition) is 0. The van der Waals surface area contributed by atoms with E-state index in [-0.39, 0.29) is 9.82 Å². The van der Waals surface area contributed by atoms with E-state index in [1.165, 1.54) is 11.1 Å². The van der Waals surface area contributed by atoms with Crippen molar-refractivity contribution < 1.29 is 0 Å². The maximum atomic E-state index is 3.23.